The molecule has 1 N–H and O–H groups in total. The van der Waals surface area contributed by atoms with Crippen LogP contribution in [-0.2, 0) is 20.9 Å². The van der Waals surface area contributed by atoms with E-state index in [0.29, 0.717) is 16.7 Å². The number of rotatable bonds is 6. The van der Waals surface area contributed by atoms with Gasteiger partial charge in [-0.05, 0) is 61.7 Å². The third-order valence-corrected chi connectivity index (χ3v) is 6.01. The van der Waals surface area contributed by atoms with Gasteiger partial charge in [-0.3, -0.25) is 14.6 Å². The Bertz CT molecular complexity index is 1310. The van der Waals surface area contributed by atoms with Crippen molar-refractivity contribution in [3.8, 4) is 0 Å². The Morgan fingerprint density at radius 3 is 2.49 bits per heavy atom. The fourth-order valence-electron chi connectivity index (χ4n) is 4.22. The Balaban J connectivity index is 1.77. The van der Waals surface area contributed by atoms with Crippen molar-refractivity contribution in [1.82, 2.24) is 9.88 Å². The summed E-state index contributed by atoms with van der Waals surface area (Å²) < 4.78 is 5.02. The van der Waals surface area contributed by atoms with Crippen LogP contribution in [0.25, 0.3) is 5.76 Å². The quantitative estimate of drug-likeness (QED) is 0.247. The van der Waals surface area contributed by atoms with Crippen LogP contribution in [0.5, 0.6) is 0 Å². The number of carbonyl (C=O) groups is 3. The Morgan fingerprint density at radius 1 is 1.09 bits per heavy atom. The summed E-state index contributed by atoms with van der Waals surface area (Å²) >= 11 is 0. The molecule has 2 heterocycles. The van der Waals surface area contributed by atoms with E-state index in [-0.39, 0.29) is 24.5 Å². The number of amides is 1. The molecule has 1 saturated heterocycles. The van der Waals surface area contributed by atoms with Crippen molar-refractivity contribution in [2.45, 2.75) is 33.4 Å². The van der Waals surface area contributed by atoms with Gasteiger partial charge in [0.1, 0.15) is 5.76 Å². The van der Waals surface area contributed by atoms with E-state index in [0.717, 1.165) is 16.7 Å². The number of pyridine rings is 1. The van der Waals surface area contributed by atoms with E-state index >= 15 is 0 Å². The standard InChI is InChI=1S/C28H26N2O5/c1-4-35-28(34)20-11-9-19(10-12-20)16-30-24(21-6-5-13-29-15-21)23(26(32)27(30)33)25(31)22-14-17(2)7-8-18(22)3/h5-15,24,31H,4,16H2,1-3H3/b25-23+. The lowest BCUT2D eigenvalue weighted by atomic mass is 9.94. The molecule has 4 rings (SSSR count). The number of aromatic nitrogens is 1. The Morgan fingerprint density at radius 2 is 1.83 bits per heavy atom. The maximum Gasteiger partial charge on any atom is 0.338 e. The third kappa shape index (κ3) is 4.71. The van der Waals surface area contributed by atoms with Crippen molar-refractivity contribution >= 4 is 23.4 Å². The number of aliphatic hydroxyl groups excluding tert-OH is 1. The molecule has 0 bridgehead atoms. The average molecular weight is 471 g/mol. The molecule has 1 amide bonds. The zero-order valence-corrected chi connectivity index (χ0v) is 19.8. The summed E-state index contributed by atoms with van der Waals surface area (Å²) in [5.41, 5.74) is 3.99. The molecule has 178 valence electrons. The molecule has 1 atom stereocenters. The van der Waals surface area contributed by atoms with Gasteiger partial charge < -0.3 is 14.7 Å². The molecule has 1 aliphatic rings. The lowest BCUT2D eigenvalue weighted by molar-refractivity contribution is -0.140. The van der Waals surface area contributed by atoms with E-state index in [1.807, 2.05) is 26.0 Å². The molecule has 0 saturated carbocycles. The lowest BCUT2D eigenvalue weighted by Gasteiger charge is -2.25. The van der Waals surface area contributed by atoms with E-state index in [1.54, 1.807) is 61.8 Å². The topological polar surface area (TPSA) is 96.8 Å². The van der Waals surface area contributed by atoms with Crippen LogP contribution in [0.2, 0.25) is 0 Å². The van der Waals surface area contributed by atoms with Gasteiger partial charge in [-0.1, -0.05) is 35.9 Å². The lowest BCUT2D eigenvalue weighted by Crippen LogP contribution is -2.29. The molecule has 7 nitrogen and oxygen atoms in total. The molecule has 1 aromatic heterocycles. The highest BCUT2D eigenvalue weighted by molar-refractivity contribution is 6.46. The Labute approximate surface area is 203 Å². The van der Waals surface area contributed by atoms with Gasteiger partial charge >= 0.3 is 5.97 Å². The van der Waals surface area contributed by atoms with Crippen molar-refractivity contribution in [3.05, 3.63) is 106 Å². The van der Waals surface area contributed by atoms with Crippen LogP contribution in [0.3, 0.4) is 0 Å². The molecule has 1 fully saturated rings. The molecular weight excluding hydrogens is 444 g/mol. The first-order valence-electron chi connectivity index (χ1n) is 11.3. The van der Waals surface area contributed by atoms with Gasteiger partial charge in [0.15, 0.2) is 0 Å². The number of ether oxygens (including phenoxy) is 1. The maximum atomic E-state index is 13.2. The zero-order valence-electron chi connectivity index (χ0n) is 19.8. The minimum absolute atomic E-state index is 0.0276. The molecule has 0 spiro atoms. The van der Waals surface area contributed by atoms with Crippen LogP contribution in [0.4, 0.5) is 0 Å². The van der Waals surface area contributed by atoms with Crippen LogP contribution < -0.4 is 0 Å². The highest BCUT2D eigenvalue weighted by Crippen LogP contribution is 2.40. The molecular formula is C28H26N2O5. The Hall–Kier alpha value is -4.26. The van der Waals surface area contributed by atoms with Crippen LogP contribution in [0.1, 0.15) is 51.1 Å². The highest BCUT2D eigenvalue weighted by atomic mass is 16.5. The van der Waals surface area contributed by atoms with Gasteiger partial charge in [0, 0.05) is 24.5 Å². The summed E-state index contributed by atoms with van der Waals surface area (Å²) in [6.45, 7) is 5.86. The number of aliphatic hydroxyl groups is 1. The average Bonchev–Trinajstić information content (AvgIpc) is 3.11. The first-order chi connectivity index (χ1) is 16.8. The van der Waals surface area contributed by atoms with Crippen molar-refractivity contribution < 1.29 is 24.2 Å². The van der Waals surface area contributed by atoms with Crippen LogP contribution >= 0.6 is 0 Å². The first kappa shape index (κ1) is 23.9. The number of likely N-dealkylation sites (tertiary alicyclic amines) is 1. The number of hydrogen-bond donors (Lipinski definition) is 1. The SMILES string of the molecule is CCOC(=O)c1ccc(CN2C(=O)C(=O)/C(=C(/O)c3cc(C)ccc3C)C2c2cccnc2)cc1. The first-order valence-corrected chi connectivity index (χ1v) is 11.3. The summed E-state index contributed by atoms with van der Waals surface area (Å²) in [6.07, 6.45) is 3.19. The maximum absolute atomic E-state index is 13.2. The number of esters is 1. The van der Waals surface area contributed by atoms with Crippen molar-refractivity contribution in [3.63, 3.8) is 0 Å². The fraction of sp³-hybridized carbons (Fsp3) is 0.214. The van der Waals surface area contributed by atoms with Crippen LogP contribution in [0, 0.1) is 13.8 Å². The summed E-state index contributed by atoms with van der Waals surface area (Å²) in [4.78, 5) is 44.0. The summed E-state index contributed by atoms with van der Waals surface area (Å²) in [5, 5.41) is 11.3. The summed E-state index contributed by atoms with van der Waals surface area (Å²) in [6, 6.07) is 15.0. The predicted molar refractivity (Wildman–Crippen MR) is 130 cm³/mol. The van der Waals surface area contributed by atoms with Gasteiger partial charge in [-0.15, -0.1) is 0 Å². The van der Waals surface area contributed by atoms with E-state index in [1.165, 1.54) is 4.90 Å². The van der Waals surface area contributed by atoms with E-state index in [4.69, 9.17) is 4.74 Å². The van der Waals surface area contributed by atoms with Gasteiger partial charge in [0.25, 0.3) is 11.7 Å². The van der Waals surface area contributed by atoms with E-state index < -0.39 is 23.7 Å². The number of aryl methyl sites for hydroxylation is 2. The van der Waals surface area contributed by atoms with Gasteiger partial charge in [0.2, 0.25) is 0 Å². The number of ketones is 1. The second-order valence-corrected chi connectivity index (χ2v) is 8.45. The molecule has 35 heavy (non-hydrogen) atoms. The minimum Gasteiger partial charge on any atom is -0.507 e. The number of benzene rings is 2. The van der Waals surface area contributed by atoms with Gasteiger partial charge in [0.05, 0.1) is 23.8 Å². The summed E-state index contributed by atoms with van der Waals surface area (Å²) in [5.74, 6) is -2.09. The molecule has 1 aliphatic heterocycles. The fourth-order valence-corrected chi connectivity index (χ4v) is 4.22. The number of Topliss-reactive ketones (excluding diaryl/α,β-unsaturated/α-hetero) is 1. The number of carbonyl (C=O) groups excluding carboxylic acids is 3. The predicted octanol–water partition coefficient (Wildman–Crippen LogP) is 4.50. The van der Waals surface area contributed by atoms with Crippen molar-refractivity contribution in [1.29, 1.82) is 0 Å². The van der Waals surface area contributed by atoms with Crippen molar-refractivity contribution in [2.75, 3.05) is 6.61 Å². The molecule has 3 aromatic rings. The molecule has 2 aromatic carbocycles. The number of nitrogens with zero attached hydrogens (tertiary/aromatic N) is 2. The third-order valence-electron chi connectivity index (χ3n) is 6.01. The highest BCUT2D eigenvalue weighted by Gasteiger charge is 2.46. The molecule has 0 aliphatic carbocycles. The second-order valence-electron chi connectivity index (χ2n) is 8.45. The molecule has 1 unspecified atom stereocenters. The van der Waals surface area contributed by atoms with Crippen molar-refractivity contribution in [2.24, 2.45) is 0 Å². The number of hydrogen-bond acceptors (Lipinski definition) is 6. The molecule has 0 radical (unpaired) electrons. The van der Waals surface area contributed by atoms with E-state index in [2.05, 4.69) is 4.98 Å². The monoisotopic (exact) mass is 470 g/mol. The van der Waals surface area contributed by atoms with Gasteiger partial charge in [-0.2, -0.15) is 0 Å². The summed E-state index contributed by atoms with van der Waals surface area (Å²) in [7, 11) is 0. The van der Waals surface area contributed by atoms with Gasteiger partial charge in [-0.25, -0.2) is 4.79 Å². The second kappa shape index (κ2) is 9.93. The zero-order chi connectivity index (χ0) is 25.1. The normalized spacial score (nSPS) is 17.0. The van der Waals surface area contributed by atoms with E-state index in [9.17, 15) is 19.5 Å². The minimum atomic E-state index is -0.812. The van der Waals surface area contributed by atoms with Crippen LogP contribution in [-0.4, -0.2) is 39.3 Å². The van der Waals surface area contributed by atoms with Crippen LogP contribution in [0.15, 0.2) is 72.6 Å². The Kier molecular flexibility index (Phi) is 6.78. The smallest absolute Gasteiger partial charge is 0.338 e. The largest absolute Gasteiger partial charge is 0.507 e. The molecule has 7 heteroatoms.